The molecule has 0 aromatic carbocycles. The third kappa shape index (κ3) is 3.41. The third-order valence-corrected chi connectivity index (χ3v) is 4.47. The van der Waals surface area contributed by atoms with E-state index in [-0.39, 0.29) is 10.9 Å². The monoisotopic (exact) mass is 344 g/mol. The first-order valence-electron chi connectivity index (χ1n) is 7.59. The van der Waals surface area contributed by atoms with Crippen LogP contribution in [0.25, 0.3) is 10.9 Å². The van der Waals surface area contributed by atoms with Gasteiger partial charge >= 0.3 is 0 Å². The van der Waals surface area contributed by atoms with E-state index in [1.54, 1.807) is 11.8 Å². The molecule has 1 N–H and O–H groups in total. The predicted molar refractivity (Wildman–Crippen MR) is 95.8 cm³/mol. The summed E-state index contributed by atoms with van der Waals surface area (Å²) in [4.78, 5) is 21.3. The number of nitrogens with zero attached hydrogens (tertiary/aromatic N) is 3. The highest BCUT2D eigenvalue weighted by Gasteiger charge is 2.10. The van der Waals surface area contributed by atoms with Gasteiger partial charge in [-0.15, -0.1) is 11.8 Å². The molecule has 2 heterocycles. The van der Waals surface area contributed by atoms with Crippen molar-refractivity contribution in [3.63, 3.8) is 0 Å². The van der Waals surface area contributed by atoms with Crippen LogP contribution in [0.1, 0.15) is 20.3 Å². The molecule has 5 nitrogen and oxygen atoms in total. The van der Waals surface area contributed by atoms with Crippen LogP contribution < -0.4 is 11.0 Å². The summed E-state index contributed by atoms with van der Waals surface area (Å²) in [5, 5.41) is 0.188. The summed E-state index contributed by atoms with van der Waals surface area (Å²) < 4.78 is 14.6. The third-order valence-electron chi connectivity index (χ3n) is 3.52. The minimum Gasteiger partial charge on any atom is -0.289 e. The second-order valence-electron chi connectivity index (χ2n) is 5.36. The van der Waals surface area contributed by atoms with Gasteiger partial charge in [0.15, 0.2) is 0 Å². The highest BCUT2D eigenvalue weighted by atomic mass is 32.2. The molecule has 0 radical (unpaired) electrons. The molecule has 2 aromatic rings. The van der Waals surface area contributed by atoms with Gasteiger partial charge in [-0.05, 0) is 25.2 Å². The fourth-order valence-electron chi connectivity index (χ4n) is 2.40. The smallest absolute Gasteiger partial charge is 0.280 e. The molecule has 3 rings (SSSR count). The largest absolute Gasteiger partial charge is 0.289 e. The zero-order chi connectivity index (χ0) is 17.1. The van der Waals surface area contributed by atoms with E-state index in [0.717, 1.165) is 28.8 Å². The van der Waals surface area contributed by atoms with E-state index in [0.29, 0.717) is 5.52 Å². The molecular weight excluding hydrogens is 327 g/mol. The van der Waals surface area contributed by atoms with Crippen molar-refractivity contribution < 1.29 is 4.39 Å². The van der Waals surface area contributed by atoms with Crippen molar-refractivity contribution in [3.05, 3.63) is 69.3 Å². The summed E-state index contributed by atoms with van der Waals surface area (Å²) in [5.41, 5.74) is 5.10. The van der Waals surface area contributed by atoms with Gasteiger partial charge in [0.25, 0.3) is 5.56 Å². The Morgan fingerprint density at radius 1 is 1.42 bits per heavy atom. The summed E-state index contributed by atoms with van der Waals surface area (Å²) in [6, 6.07) is 1.10. The topological polar surface area (TPSA) is 59.8 Å². The number of aromatic nitrogens is 3. The predicted octanol–water partition coefficient (Wildman–Crippen LogP) is 3.35. The van der Waals surface area contributed by atoms with Crippen LogP contribution in [0.5, 0.6) is 0 Å². The Morgan fingerprint density at radius 2 is 2.25 bits per heavy atom. The lowest BCUT2D eigenvalue weighted by atomic mass is 10.2. The van der Waals surface area contributed by atoms with E-state index in [2.05, 4.69) is 28.4 Å². The van der Waals surface area contributed by atoms with Crippen molar-refractivity contribution in [2.24, 2.45) is 0 Å². The van der Waals surface area contributed by atoms with Gasteiger partial charge in [0, 0.05) is 11.0 Å². The lowest BCUT2D eigenvalue weighted by Crippen LogP contribution is -2.29. The first-order valence-corrected chi connectivity index (χ1v) is 8.57. The summed E-state index contributed by atoms with van der Waals surface area (Å²) >= 11 is 1.69. The molecule has 0 aliphatic heterocycles. The van der Waals surface area contributed by atoms with Crippen LogP contribution in [0, 0.1) is 5.95 Å². The Hall–Kier alpha value is -2.41. The van der Waals surface area contributed by atoms with Crippen molar-refractivity contribution in [1.29, 1.82) is 0 Å². The molecule has 0 fully saturated rings. The van der Waals surface area contributed by atoms with E-state index < -0.39 is 5.95 Å². The molecule has 0 spiro atoms. The number of halogens is 1. The summed E-state index contributed by atoms with van der Waals surface area (Å²) in [7, 11) is 0. The first kappa shape index (κ1) is 16.4. The average molecular weight is 344 g/mol. The van der Waals surface area contributed by atoms with Crippen LogP contribution in [0.15, 0.2) is 57.8 Å². The van der Waals surface area contributed by atoms with Crippen molar-refractivity contribution in [2.45, 2.75) is 20.3 Å². The molecule has 0 saturated carbocycles. The molecule has 0 atom stereocenters. The number of nitrogens with one attached hydrogen (secondary N) is 1. The Kier molecular flexibility index (Phi) is 4.80. The van der Waals surface area contributed by atoms with Crippen LogP contribution in [-0.2, 0) is 0 Å². The van der Waals surface area contributed by atoms with Crippen molar-refractivity contribution in [3.8, 4) is 0 Å². The van der Waals surface area contributed by atoms with E-state index in [9.17, 15) is 9.18 Å². The van der Waals surface area contributed by atoms with Crippen molar-refractivity contribution in [2.75, 3.05) is 11.2 Å². The van der Waals surface area contributed by atoms with Gasteiger partial charge in [0.2, 0.25) is 5.95 Å². The number of allylic oxidation sites excluding steroid dienone is 4. The molecule has 1 aliphatic carbocycles. The van der Waals surface area contributed by atoms with Gasteiger partial charge in [-0.2, -0.15) is 4.39 Å². The van der Waals surface area contributed by atoms with Crippen LogP contribution >= 0.6 is 11.8 Å². The Labute approximate surface area is 143 Å². The zero-order valence-electron chi connectivity index (χ0n) is 13.4. The second-order valence-corrected chi connectivity index (χ2v) is 6.67. The minimum atomic E-state index is -0.700. The minimum absolute atomic E-state index is 0.188. The van der Waals surface area contributed by atoms with Crippen molar-refractivity contribution in [1.82, 2.24) is 14.6 Å². The van der Waals surface area contributed by atoms with Crippen LogP contribution in [0.2, 0.25) is 0 Å². The van der Waals surface area contributed by atoms with Gasteiger partial charge < -0.3 is 0 Å². The second kappa shape index (κ2) is 7.00. The molecule has 1 aliphatic rings. The van der Waals surface area contributed by atoms with Crippen LogP contribution in [0.3, 0.4) is 0 Å². The Balaban J connectivity index is 2.07. The summed E-state index contributed by atoms with van der Waals surface area (Å²) in [6.45, 7) is 4.11. The molecule has 0 bridgehead atoms. The van der Waals surface area contributed by atoms with E-state index >= 15 is 0 Å². The maximum absolute atomic E-state index is 13.3. The summed E-state index contributed by atoms with van der Waals surface area (Å²) in [6.07, 6.45) is 9.67. The average Bonchev–Trinajstić information content (AvgIpc) is 2.72. The highest BCUT2D eigenvalue weighted by Crippen LogP contribution is 2.25. The number of thioether (sulfide) groups is 1. The zero-order valence-corrected chi connectivity index (χ0v) is 14.2. The lowest BCUT2D eigenvalue weighted by Gasteiger charge is -2.13. The SMILES string of the molecule is CCSC1=C(Nn2cnc3cnc(F)cc3c2=O)C=C(C)CC=C1. The van der Waals surface area contributed by atoms with E-state index in [1.165, 1.54) is 22.8 Å². The van der Waals surface area contributed by atoms with E-state index in [1.807, 2.05) is 19.1 Å². The van der Waals surface area contributed by atoms with Gasteiger partial charge in [0.1, 0.15) is 6.33 Å². The van der Waals surface area contributed by atoms with Gasteiger partial charge in [0.05, 0.1) is 22.8 Å². The van der Waals surface area contributed by atoms with Gasteiger partial charge in [-0.3, -0.25) is 10.2 Å². The summed E-state index contributed by atoms with van der Waals surface area (Å²) in [5.74, 6) is 0.216. The Bertz CT molecular complexity index is 930. The fourth-order valence-corrected chi connectivity index (χ4v) is 3.16. The van der Waals surface area contributed by atoms with Crippen LogP contribution in [0.4, 0.5) is 4.39 Å². The number of rotatable bonds is 4. The molecule has 0 amide bonds. The maximum Gasteiger partial charge on any atom is 0.280 e. The highest BCUT2D eigenvalue weighted by molar-refractivity contribution is 8.03. The quantitative estimate of drug-likeness (QED) is 0.862. The Morgan fingerprint density at radius 3 is 3.04 bits per heavy atom. The molecule has 0 unspecified atom stereocenters. The van der Waals surface area contributed by atoms with Crippen LogP contribution in [-0.4, -0.2) is 20.4 Å². The lowest BCUT2D eigenvalue weighted by molar-refractivity contribution is 0.585. The van der Waals surface area contributed by atoms with Gasteiger partial charge in [-0.1, -0.05) is 24.6 Å². The molecule has 0 saturated heterocycles. The number of hydrogen-bond donors (Lipinski definition) is 1. The molecule has 24 heavy (non-hydrogen) atoms. The number of pyridine rings is 1. The molecule has 124 valence electrons. The maximum atomic E-state index is 13.3. The number of hydrogen-bond acceptors (Lipinski definition) is 5. The van der Waals surface area contributed by atoms with Gasteiger partial charge in [-0.25, -0.2) is 14.6 Å². The standard InChI is InChI=1S/C17H17FN4OS/c1-3-24-15-6-4-5-11(2)7-13(15)21-22-10-20-14-9-19-16(18)8-12(14)17(22)23/h4,6-10,21H,3,5H2,1-2H3. The first-order chi connectivity index (χ1) is 11.6. The molecule has 7 heteroatoms. The number of fused-ring (bicyclic) bond motifs is 1. The van der Waals surface area contributed by atoms with E-state index in [4.69, 9.17) is 0 Å². The molecular formula is C17H17FN4OS. The fraction of sp³-hybridized carbons (Fsp3) is 0.235. The molecule has 2 aromatic heterocycles. The van der Waals surface area contributed by atoms with Crippen molar-refractivity contribution >= 4 is 22.7 Å². The normalized spacial score (nSPS) is 14.7.